The third-order valence-electron chi connectivity index (χ3n) is 3.70. The Kier molecular flexibility index (Phi) is 2.16. The third-order valence-corrected chi connectivity index (χ3v) is 4.26. The van der Waals surface area contributed by atoms with E-state index in [2.05, 4.69) is 21.4 Å². The van der Waals surface area contributed by atoms with E-state index in [1.165, 1.54) is 11.8 Å². The summed E-state index contributed by atoms with van der Waals surface area (Å²) in [4.78, 5) is 8.63. The predicted octanol–water partition coefficient (Wildman–Crippen LogP) is 0.809. The van der Waals surface area contributed by atoms with Crippen LogP contribution in [0.2, 0.25) is 0 Å². The molecule has 2 fully saturated rings. The fraction of sp³-hybridized carbons (Fsp3) is 0.545. The van der Waals surface area contributed by atoms with Crippen LogP contribution in [0.3, 0.4) is 0 Å². The van der Waals surface area contributed by atoms with E-state index in [0.29, 0.717) is 11.8 Å². The molecule has 1 unspecified atom stereocenters. The summed E-state index contributed by atoms with van der Waals surface area (Å²) in [5.41, 5.74) is 0.574. The Morgan fingerprint density at radius 2 is 2.31 bits per heavy atom. The Labute approximate surface area is 98.5 Å². The molecule has 4 nitrogen and oxygen atoms in total. The number of aromatic nitrogens is 2. The molecule has 1 aliphatic carbocycles. The van der Waals surface area contributed by atoms with Gasteiger partial charge in [-0.25, -0.2) is 9.97 Å². The van der Waals surface area contributed by atoms with E-state index in [-0.39, 0.29) is 5.41 Å². The smallest absolute Gasteiger partial charge is 0.187 e. The number of fused-ring (bicyclic) bond motifs is 1. The monoisotopic (exact) mass is 232 g/mol. The minimum atomic E-state index is -0.335. The molecule has 2 heterocycles. The molecular weight excluding hydrogens is 220 g/mol. The summed E-state index contributed by atoms with van der Waals surface area (Å²) in [5, 5.41) is 13.5. The summed E-state index contributed by atoms with van der Waals surface area (Å²) in [5.74, 6) is 0.893. The Morgan fingerprint density at radius 3 is 2.94 bits per heavy atom. The van der Waals surface area contributed by atoms with E-state index in [4.69, 9.17) is 0 Å². The van der Waals surface area contributed by atoms with Crippen LogP contribution < -0.4 is 5.32 Å². The zero-order valence-corrected chi connectivity index (χ0v) is 9.79. The molecule has 1 saturated heterocycles. The van der Waals surface area contributed by atoms with Crippen LogP contribution in [0.4, 0.5) is 0 Å². The first kappa shape index (κ1) is 10.1. The van der Waals surface area contributed by atoms with Crippen LogP contribution in [0.1, 0.15) is 5.69 Å². The van der Waals surface area contributed by atoms with Crippen molar-refractivity contribution >= 4 is 11.8 Å². The normalized spacial score (nSPS) is 35.5. The van der Waals surface area contributed by atoms with Crippen LogP contribution >= 0.6 is 11.8 Å². The van der Waals surface area contributed by atoms with Gasteiger partial charge >= 0.3 is 0 Å². The highest BCUT2D eigenvalue weighted by Crippen LogP contribution is 2.60. The van der Waals surface area contributed by atoms with E-state index in [0.717, 1.165) is 23.9 Å². The molecule has 1 aromatic rings. The number of nitrogens with zero attached hydrogens (tertiary/aromatic N) is 3. The topological polar surface area (TPSA) is 61.6 Å². The second-order valence-corrected chi connectivity index (χ2v) is 5.05. The van der Waals surface area contributed by atoms with Crippen molar-refractivity contribution < 1.29 is 0 Å². The van der Waals surface area contributed by atoms with Crippen LogP contribution in [0.5, 0.6) is 0 Å². The highest BCUT2D eigenvalue weighted by atomic mass is 32.2. The van der Waals surface area contributed by atoms with Crippen LogP contribution in [0, 0.1) is 23.2 Å². The summed E-state index contributed by atoms with van der Waals surface area (Å²) in [6.07, 6.45) is 3.71. The largest absolute Gasteiger partial charge is 0.316 e. The Morgan fingerprint density at radius 1 is 1.56 bits per heavy atom. The molecule has 2 aliphatic rings. The molecule has 0 bridgehead atoms. The zero-order valence-electron chi connectivity index (χ0n) is 8.97. The highest BCUT2D eigenvalue weighted by Gasteiger charge is 2.69. The highest BCUT2D eigenvalue weighted by molar-refractivity contribution is 7.98. The van der Waals surface area contributed by atoms with Crippen molar-refractivity contribution in [3.05, 3.63) is 18.0 Å². The molecule has 0 aromatic carbocycles. The van der Waals surface area contributed by atoms with Gasteiger partial charge in [0.25, 0.3) is 0 Å². The summed E-state index contributed by atoms with van der Waals surface area (Å²) in [6, 6.07) is 4.37. The van der Waals surface area contributed by atoms with Crippen molar-refractivity contribution in [2.75, 3.05) is 19.3 Å². The lowest BCUT2D eigenvalue weighted by Gasteiger charge is -2.12. The fourth-order valence-corrected chi connectivity index (χ4v) is 3.17. The van der Waals surface area contributed by atoms with Gasteiger partial charge in [0.1, 0.15) is 5.41 Å². The lowest BCUT2D eigenvalue weighted by atomic mass is 9.97. The number of piperidine rings is 1. The zero-order chi connectivity index (χ0) is 11.2. The van der Waals surface area contributed by atoms with Crippen molar-refractivity contribution in [1.29, 1.82) is 5.26 Å². The van der Waals surface area contributed by atoms with Crippen LogP contribution in [-0.4, -0.2) is 29.3 Å². The Hall–Kier alpha value is -1.12. The molecule has 3 atom stereocenters. The van der Waals surface area contributed by atoms with Gasteiger partial charge in [0.05, 0.1) is 11.8 Å². The van der Waals surface area contributed by atoms with Gasteiger partial charge in [0.15, 0.2) is 5.16 Å². The molecule has 0 radical (unpaired) electrons. The minimum Gasteiger partial charge on any atom is -0.316 e. The van der Waals surface area contributed by atoms with Crippen LogP contribution in [0.15, 0.2) is 17.4 Å². The second-order valence-electron chi connectivity index (χ2n) is 4.28. The quantitative estimate of drug-likeness (QED) is 0.604. The number of hydrogen-bond donors (Lipinski definition) is 1. The van der Waals surface area contributed by atoms with Crippen LogP contribution in [0.25, 0.3) is 0 Å². The molecule has 0 spiro atoms. The molecular formula is C11H12N4S. The average molecular weight is 232 g/mol. The van der Waals surface area contributed by atoms with Gasteiger partial charge in [-0.15, -0.1) is 0 Å². The summed E-state index contributed by atoms with van der Waals surface area (Å²) < 4.78 is 0. The van der Waals surface area contributed by atoms with Gasteiger partial charge in [-0.3, -0.25) is 0 Å². The lowest BCUT2D eigenvalue weighted by molar-refractivity contribution is 0.592. The molecule has 0 amide bonds. The van der Waals surface area contributed by atoms with E-state index in [1.54, 1.807) is 6.20 Å². The molecule has 1 saturated carbocycles. The molecule has 1 aliphatic heterocycles. The van der Waals surface area contributed by atoms with Crippen molar-refractivity contribution in [2.24, 2.45) is 11.8 Å². The van der Waals surface area contributed by atoms with Gasteiger partial charge in [0.2, 0.25) is 0 Å². The first-order valence-corrected chi connectivity index (χ1v) is 6.55. The first-order valence-electron chi connectivity index (χ1n) is 5.32. The van der Waals surface area contributed by atoms with E-state index in [9.17, 15) is 5.26 Å². The summed E-state index contributed by atoms with van der Waals surface area (Å²) >= 11 is 1.52. The molecule has 16 heavy (non-hydrogen) atoms. The van der Waals surface area contributed by atoms with Gasteiger partial charge in [-0.05, 0) is 12.3 Å². The van der Waals surface area contributed by atoms with E-state index < -0.39 is 0 Å². The average Bonchev–Trinajstić information content (AvgIpc) is 2.72. The van der Waals surface area contributed by atoms with Gasteiger partial charge in [-0.1, -0.05) is 11.8 Å². The van der Waals surface area contributed by atoms with Crippen LogP contribution in [-0.2, 0) is 5.41 Å². The molecule has 1 aromatic heterocycles. The lowest BCUT2D eigenvalue weighted by Crippen LogP contribution is -2.25. The number of hydrogen-bond acceptors (Lipinski definition) is 5. The number of rotatable bonds is 2. The van der Waals surface area contributed by atoms with Gasteiger partial charge in [-0.2, -0.15) is 5.26 Å². The molecule has 82 valence electrons. The Bertz CT molecular complexity index is 457. The van der Waals surface area contributed by atoms with Crippen molar-refractivity contribution in [3.8, 4) is 6.07 Å². The molecule has 3 rings (SSSR count). The van der Waals surface area contributed by atoms with Gasteiger partial charge in [0, 0.05) is 31.1 Å². The van der Waals surface area contributed by atoms with E-state index in [1.807, 2.05) is 12.3 Å². The minimum absolute atomic E-state index is 0.335. The summed E-state index contributed by atoms with van der Waals surface area (Å²) in [6.45, 7) is 1.88. The molecule has 5 heteroatoms. The first-order chi connectivity index (χ1) is 7.82. The van der Waals surface area contributed by atoms with Crippen molar-refractivity contribution in [3.63, 3.8) is 0 Å². The maximum atomic E-state index is 9.43. The number of thioether (sulfide) groups is 1. The van der Waals surface area contributed by atoms with Crippen molar-refractivity contribution in [1.82, 2.24) is 15.3 Å². The Balaban J connectivity index is 2.00. The van der Waals surface area contributed by atoms with Crippen molar-refractivity contribution in [2.45, 2.75) is 10.6 Å². The summed E-state index contributed by atoms with van der Waals surface area (Å²) in [7, 11) is 0. The molecule has 1 N–H and O–H groups in total. The maximum Gasteiger partial charge on any atom is 0.187 e. The second kappa shape index (κ2) is 3.44. The SMILES string of the molecule is CSc1nccc(C2(C#N)[C@@H]3CNC[C@@H]32)n1. The number of nitrogens with one attached hydrogen (secondary N) is 1. The third kappa shape index (κ3) is 1.14. The number of nitriles is 1. The van der Waals surface area contributed by atoms with E-state index >= 15 is 0 Å². The maximum absolute atomic E-state index is 9.43. The standard InChI is InChI=1S/C11H12N4S/c1-16-10-14-3-2-9(15-10)11(6-12)7-4-13-5-8(7)11/h2-3,7-8,13H,4-5H2,1H3/t7-,8+,11?. The fourth-order valence-electron chi connectivity index (χ4n) is 2.81. The van der Waals surface area contributed by atoms with Gasteiger partial charge < -0.3 is 5.32 Å². The predicted molar refractivity (Wildman–Crippen MR) is 61.0 cm³/mol.